The van der Waals surface area contributed by atoms with Crippen molar-refractivity contribution >= 4 is 0 Å². The first-order valence-electron chi connectivity index (χ1n) is 3.93. The second kappa shape index (κ2) is 1.88. The highest BCUT2D eigenvalue weighted by Gasteiger charge is 2.35. The van der Waals surface area contributed by atoms with Crippen LogP contribution in [0.25, 0.3) is 0 Å². The minimum Gasteiger partial charge on any atom is -0.399 e. The lowest BCUT2D eigenvalue weighted by atomic mass is 9.66. The zero-order valence-corrected chi connectivity index (χ0v) is 6.25. The third-order valence-electron chi connectivity index (χ3n) is 2.84. The average Bonchev–Trinajstić information content (AvgIpc) is 2.17. The Morgan fingerprint density at radius 3 is 3.00 bits per heavy atom. The molecule has 1 fully saturated rings. The molecule has 54 valence electrons. The fourth-order valence-electron chi connectivity index (χ4n) is 1.88. The van der Waals surface area contributed by atoms with Crippen molar-refractivity contribution in [3.63, 3.8) is 0 Å². The summed E-state index contributed by atoms with van der Waals surface area (Å²) in [6.45, 7) is 2.30. The molecule has 3 rings (SSSR count). The fraction of sp³-hybridized carbons (Fsp3) is 0.556. The largest absolute Gasteiger partial charge is 0.399 e. The summed E-state index contributed by atoms with van der Waals surface area (Å²) in [6.07, 6.45) is 7.82. The van der Waals surface area contributed by atoms with E-state index in [0.29, 0.717) is 0 Å². The molecule has 0 amide bonds. The minimum absolute atomic E-state index is 0.764. The van der Waals surface area contributed by atoms with Gasteiger partial charge in [0.1, 0.15) is 0 Å². The van der Waals surface area contributed by atoms with E-state index in [-0.39, 0.29) is 0 Å². The third-order valence-corrected chi connectivity index (χ3v) is 2.84. The summed E-state index contributed by atoms with van der Waals surface area (Å²) in [5.74, 6) is 2.40. The lowest BCUT2D eigenvalue weighted by Crippen LogP contribution is -2.31. The number of allylic oxidation sites excluding steroid dienone is 3. The molecule has 2 N–H and O–H groups in total. The lowest BCUT2D eigenvalue weighted by molar-refractivity contribution is 0.174. The molecule has 0 radical (unpaired) electrons. The molecule has 2 bridgehead atoms. The molecule has 3 aliphatic carbocycles. The van der Waals surface area contributed by atoms with Gasteiger partial charge in [0, 0.05) is 5.70 Å². The molecule has 0 aliphatic heterocycles. The highest BCUT2D eigenvalue weighted by molar-refractivity contribution is 5.24. The van der Waals surface area contributed by atoms with Crippen molar-refractivity contribution in [3.05, 3.63) is 23.9 Å². The van der Waals surface area contributed by atoms with E-state index in [1.165, 1.54) is 6.42 Å². The summed E-state index contributed by atoms with van der Waals surface area (Å²) in [4.78, 5) is 0. The van der Waals surface area contributed by atoms with Crippen LogP contribution in [0.1, 0.15) is 13.3 Å². The predicted molar refractivity (Wildman–Crippen MR) is 42.2 cm³/mol. The second-order valence-corrected chi connectivity index (χ2v) is 3.45. The molecule has 0 aromatic carbocycles. The van der Waals surface area contributed by atoms with Crippen LogP contribution in [0.5, 0.6) is 0 Å². The number of hydrogen-bond donors (Lipinski definition) is 1. The Labute approximate surface area is 61.6 Å². The maximum Gasteiger partial charge on any atom is 0.0273 e. The monoisotopic (exact) mass is 135 g/mol. The van der Waals surface area contributed by atoms with E-state index in [1.807, 2.05) is 6.08 Å². The average molecular weight is 135 g/mol. The summed E-state index contributed by atoms with van der Waals surface area (Å²) in [5, 5.41) is 0. The summed E-state index contributed by atoms with van der Waals surface area (Å²) in [5.41, 5.74) is 6.64. The first-order chi connectivity index (χ1) is 4.77. The summed E-state index contributed by atoms with van der Waals surface area (Å²) in [6, 6.07) is 0. The molecule has 1 nitrogen and oxygen atoms in total. The van der Waals surface area contributed by atoms with Crippen LogP contribution in [0.3, 0.4) is 0 Å². The Morgan fingerprint density at radius 1 is 1.50 bits per heavy atom. The molecule has 0 spiro atoms. The van der Waals surface area contributed by atoms with Crippen LogP contribution in [-0.4, -0.2) is 0 Å². The third kappa shape index (κ3) is 0.698. The number of fused-ring (bicyclic) bond motifs is 1. The second-order valence-electron chi connectivity index (χ2n) is 3.45. The van der Waals surface area contributed by atoms with Crippen LogP contribution >= 0.6 is 0 Å². The van der Waals surface area contributed by atoms with Gasteiger partial charge in [-0.25, -0.2) is 0 Å². The Morgan fingerprint density at radius 2 is 2.30 bits per heavy atom. The van der Waals surface area contributed by atoms with E-state index in [4.69, 9.17) is 5.73 Å². The quantitative estimate of drug-likeness (QED) is 0.537. The molecule has 0 saturated heterocycles. The van der Waals surface area contributed by atoms with Gasteiger partial charge in [-0.15, -0.1) is 0 Å². The highest BCUT2D eigenvalue weighted by atomic mass is 14.6. The van der Waals surface area contributed by atoms with Crippen molar-refractivity contribution in [2.24, 2.45) is 23.5 Å². The van der Waals surface area contributed by atoms with Crippen molar-refractivity contribution in [1.82, 2.24) is 0 Å². The van der Waals surface area contributed by atoms with Gasteiger partial charge in [-0.3, -0.25) is 0 Å². The molecule has 0 aromatic rings. The highest BCUT2D eigenvalue weighted by Crippen LogP contribution is 2.43. The van der Waals surface area contributed by atoms with E-state index in [0.717, 1.165) is 23.5 Å². The SMILES string of the molecule is CC1C2C=CC(N)=CC1C2. The van der Waals surface area contributed by atoms with E-state index in [1.54, 1.807) is 0 Å². The van der Waals surface area contributed by atoms with Crippen molar-refractivity contribution in [2.45, 2.75) is 13.3 Å². The maximum atomic E-state index is 5.69. The van der Waals surface area contributed by atoms with Gasteiger partial charge in [0.25, 0.3) is 0 Å². The van der Waals surface area contributed by atoms with Crippen LogP contribution in [0.4, 0.5) is 0 Å². The maximum absolute atomic E-state index is 5.69. The number of nitrogens with two attached hydrogens (primary N) is 1. The molecule has 3 atom stereocenters. The number of rotatable bonds is 0. The van der Waals surface area contributed by atoms with Gasteiger partial charge in [0.05, 0.1) is 0 Å². The van der Waals surface area contributed by atoms with Crippen LogP contribution in [0.15, 0.2) is 23.9 Å². The molecule has 0 heterocycles. The van der Waals surface area contributed by atoms with Crippen LogP contribution in [0.2, 0.25) is 0 Å². The summed E-state index contributed by atoms with van der Waals surface area (Å²) >= 11 is 0. The lowest BCUT2D eigenvalue weighted by Gasteiger charge is -2.38. The van der Waals surface area contributed by atoms with E-state index >= 15 is 0 Å². The Kier molecular flexibility index (Phi) is 1.13. The van der Waals surface area contributed by atoms with Crippen LogP contribution < -0.4 is 5.73 Å². The van der Waals surface area contributed by atoms with Gasteiger partial charge < -0.3 is 5.73 Å². The molecular formula is C9H13N. The Hall–Kier alpha value is -0.720. The molecule has 1 saturated carbocycles. The first-order valence-corrected chi connectivity index (χ1v) is 3.93. The molecular weight excluding hydrogens is 122 g/mol. The zero-order valence-electron chi connectivity index (χ0n) is 6.25. The topological polar surface area (TPSA) is 26.0 Å². The fourth-order valence-corrected chi connectivity index (χ4v) is 1.88. The van der Waals surface area contributed by atoms with Gasteiger partial charge in [-0.2, -0.15) is 0 Å². The van der Waals surface area contributed by atoms with Crippen molar-refractivity contribution in [3.8, 4) is 0 Å². The number of hydrogen-bond acceptors (Lipinski definition) is 1. The minimum atomic E-state index is 0.764. The van der Waals surface area contributed by atoms with Gasteiger partial charge in [0.2, 0.25) is 0 Å². The first kappa shape index (κ1) is 6.02. The van der Waals surface area contributed by atoms with Crippen LogP contribution in [-0.2, 0) is 0 Å². The predicted octanol–water partition coefficient (Wildman–Crippen LogP) is 1.67. The van der Waals surface area contributed by atoms with E-state index in [9.17, 15) is 0 Å². The normalized spacial score (nSPS) is 43.7. The standard InChI is InChI=1S/C9H13N/c1-6-7-2-3-9(10)5-8(6)4-7/h2-3,5-8H,4,10H2,1H3. The van der Waals surface area contributed by atoms with Gasteiger partial charge in [-0.1, -0.05) is 19.1 Å². The molecule has 3 aliphatic rings. The molecule has 10 heavy (non-hydrogen) atoms. The Bertz CT molecular complexity index is 203. The van der Waals surface area contributed by atoms with Gasteiger partial charge in [0.15, 0.2) is 0 Å². The summed E-state index contributed by atoms with van der Waals surface area (Å²) < 4.78 is 0. The van der Waals surface area contributed by atoms with Crippen LogP contribution in [0, 0.1) is 17.8 Å². The van der Waals surface area contributed by atoms with Crippen molar-refractivity contribution in [2.75, 3.05) is 0 Å². The molecule has 3 unspecified atom stereocenters. The van der Waals surface area contributed by atoms with Crippen molar-refractivity contribution in [1.29, 1.82) is 0 Å². The smallest absolute Gasteiger partial charge is 0.0273 e. The summed E-state index contributed by atoms with van der Waals surface area (Å²) in [7, 11) is 0. The zero-order chi connectivity index (χ0) is 7.14. The van der Waals surface area contributed by atoms with Gasteiger partial charge >= 0.3 is 0 Å². The van der Waals surface area contributed by atoms with E-state index < -0.39 is 0 Å². The Balaban J connectivity index is 2.26. The van der Waals surface area contributed by atoms with E-state index in [2.05, 4.69) is 19.1 Å². The van der Waals surface area contributed by atoms with Gasteiger partial charge in [-0.05, 0) is 30.3 Å². The molecule has 1 heteroatoms. The molecule has 0 aromatic heterocycles. The van der Waals surface area contributed by atoms with Crippen molar-refractivity contribution < 1.29 is 0 Å².